The Morgan fingerprint density at radius 3 is 2.46 bits per heavy atom. The number of likely N-dealkylation sites (N-methyl/N-ethyl adjacent to an activating group) is 2. The Bertz CT molecular complexity index is 700. The van der Waals surface area contributed by atoms with Crippen LogP contribution in [0.25, 0.3) is 0 Å². The molecule has 2 aliphatic heterocycles. The van der Waals surface area contributed by atoms with Crippen LogP contribution in [0.3, 0.4) is 0 Å². The molecule has 7 nitrogen and oxygen atoms in total. The number of nitrogens with zero attached hydrogens (tertiary/aromatic N) is 3. The number of hydrogen-bond acceptors (Lipinski definition) is 5. The number of carbonyl (C=O) groups is 2. The number of fused-ring (bicyclic) bond motifs is 1. The van der Waals surface area contributed by atoms with E-state index in [9.17, 15) is 9.59 Å². The maximum absolute atomic E-state index is 12.2. The van der Waals surface area contributed by atoms with Crippen molar-refractivity contribution < 1.29 is 9.59 Å². The third kappa shape index (κ3) is 4.83. The zero-order valence-corrected chi connectivity index (χ0v) is 17.3. The largest absolute Gasteiger partial charge is 0.374 e. The van der Waals surface area contributed by atoms with Crippen LogP contribution in [-0.4, -0.2) is 81.5 Å². The average molecular weight is 388 g/mol. The van der Waals surface area contributed by atoms with Gasteiger partial charge < -0.3 is 20.4 Å². The fourth-order valence-electron chi connectivity index (χ4n) is 3.97. The first-order valence-corrected chi connectivity index (χ1v) is 10.3. The number of piperazine rings is 1. The van der Waals surface area contributed by atoms with E-state index in [-0.39, 0.29) is 6.04 Å². The van der Waals surface area contributed by atoms with E-state index >= 15 is 0 Å². The number of benzene rings is 1. The molecule has 154 valence electrons. The van der Waals surface area contributed by atoms with Gasteiger partial charge >= 0.3 is 11.8 Å². The second-order valence-electron chi connectivity index (χ2n) is 7.88. The molecule has 0 aromatic heterocycles. The summed E-state index contributed by atoms with van der Waals surface area (Å²) in [7, 11) is 4.26. The van der Waals surface area contributed by atoms with Gasteiger partial charge in [0.15, 0.2) is 0 Å². The van der Waals surface area contributed by atoms with E-state index in [1.807, 2.05) is 6.92 Å². The zero-order valence-electron chi connectivity index (χ0n) is 17.3. The van der Waals surface area contributed by atoms with Crippen molar-refractivity contribution in [1.82, 2.24) is 20.4 Å². The fourth-order valence-corrected chi connectivity index (χ4v) is 3.97. The summed E-state index contributed by atoms with van der Waals surface area (Å²) < 4.78 is 0. The van der Waals surface area contributed by atoms with Crippen molar-refractivity contribution in [3.05, 3.63) is 29.3 Å². The van der Waals surface area contributed by atoms with Crippen LogP contribution in [-0.2, 0) is 16.0 Å². The summed E-state index contributed by atoms with van der Waals surface area (Å²) in [6.07, 6.45) is 1.87. The Morgan fingerprint density at radius 2 is 1.75 bits per heavy atom. The van der Waals surface area contributed by atoms with Crippen LogP contribution in [0.4, 0.5) is 5.69 Å². The average Bonchev–Trinajstić information content (AvgIpc) is 3.07. The summed E-state index contributed by atoms with van der Waals surface area (Å²) in [5, 5.41) is 5.50. The predicted molar refractivity (Wildman–Crippen MR) is 112 cm³/mol. The monoisotopic (exact) mass is 387 g/mol. The molecule has 1 aromatic rings. The molecule has 1 unspecified atom stereocenters. The molecule has 2 heterocycles. The van der Waals surface area contributed by atoms with Crippen LogP contribution in [0.5, 0.6) is 0 Å². The summed E-state index contributed by atoms with van der Waals surface area (Å²) in [5.74, 6) is -1.09. The third-order valence-electron chi connectivity index (χ3n) is 5.79. The first-order chi connectivity index (χ1) is 13.5. The molecule has 0 radical (unpaired) electrons. The molecule has 0 spiro atoms. The van der Waals surface area contributed by atoms with Gasteiger partial charge in [-0.15, -0.1) is 0 Å². The van der Waals surface area contributed by atoms with Gasteiger partial charge in [0.1, 0.15) is 0 Å². The molecule has 0 bridgehead atoms. The molecular formula is C21H33N5O2. The predicted octanol–water partition coefficient (Wildman–Crippen LogP) is 0.610. The van der Waals surface area contributed by atoms with Gasteiger partial charge in [-0.05, 0) is 37.1 Å². The van der Waals surface area contributed by atoms with E-state index in [0.29, 0.717) is 13.1 Å². The summed E-state index contributed by atoms with van der Waals surface area (Å²) >= 11 is 0. The normalized spacial score (nSPS) is 18.6. The van der Waals surface area contributed by atoms with Crippen LogP contribution in [0, 0.1) is 0 Å². The highest BCUT2D eigenvalue weighted by molar-refractivity contribution is 6.35. The van der Waals surface area contributed by atoms with E-state index in [1.54, 1.807) is 0 Å². The molecule has 1 saturated heterocycles. The molecule has 1 atom stereocenters. The summed E-state index contributed by atoms with van der Waals surface area (Å²) in [4.78, 5) is 31.1. The maximum atomic E-state index is 12.2. The highest BCUT2D eigenvalue weighted by atomic mass is 16.2. The van der Waals surface area contributed by atoms with Gasteiger partial charge in [-0.3, -0.25) is 14.5 Å². The highest BCUT2D eigenvalue weighted by Gasteiger charge is 2.27. The molecule has 7 heteroatoms. The van der Waals surface area contributed by atoms with Crippen molar-refractivity contribution in [2.45, 2.75) is 25.8 Å². The lowest BCUT2D eigenvalue weighted by Crippen LogP contribution is -2.49. The standard InChI is InChI=1S/C21H33N5O2/c1-4-8-22-20(27)21(28)23-15-19(26-12-10-24(2)11-13-26)16-5-6-18-17(14-16)7-9-25(18)3/h5-6,14,19H,4,7-13,15H2,1-3H3,(H,22,27)(H,23,28). The van der Waals surface area contributed by atoms with Crippen molar-refractivity contribution in [3.8, 4) is 0 Å². The molecule has 28 heavy (non-hydrogen) atoms. The van der Waals surface area contributed by atoms with E-state index in [0.717, 1.165) is 45.6 Å². The van der Waals surface area contributed by atoms with E-state index in [2.05, 4.69) is 57.6 Å². The summed E-state index contributed by atoms with van der Waals surface area (Å²) in [6.45, 7) is 7.90. The summed E-state index contributed by atoms with van der Waals surface area (Å²) in [6, 6.07) is 6.72. The number of hydrogen-bond donors (Lipinski definition) is 2. The minimum absolute atomic E-state index is 0.0767. The Morgan fingerprint density at radius 1 is 1.04 bits per heavy atom. The molecule has 0 aliphatic carbocycles. The highest BCUT2D eigenvalue weighted by Crippen LogP contribution is 2.31. The van der Waals surface area contributed by atoms with Crippen molar-refractivity contribution in [3.63, 3.8) is 0 Å². The second kappa shape index (κ2) is 9.39. The van der Waals surface area contributed by atoms with Crippen molar-refractivity contribution in [2.24, 2.45) is 0 Å². The molecular weight excluding hydrogens is 354 g/mol. The van der Waals surface area contributed by atoms with Crippen molar-refractivity contribution in [2.75, 3.05) is 64.8 Å². The molecule has 1 aromatic carbocycles. The quantitative estimate of drug-likeness (QED) is 0.700. The van der Waals surface area contributed by atoms with Gasteiger partial charge in [-0.1, -0.05) is 19.1 Å². The van der Waals surface area contributed by atoms with Crippen molar-refractivity contribution >= 4 is 17.5 Å². The Hall–Kier alpha value is -2.12. The van der Waals surface area contributed by atoms with Gasteiger partial charge in [0.2, 0.25) is 0 Å². The molecule has 2 amide bonds. The van der Waals surface area contributed by atoms with Crippen LogP contribution in [0.2, 0.25) is 0 Å². The zero-order chi connectivity index (χ0) is 20.1. The SMILES string of the molecule is CCCNC(=O)C(=O)NCC(c1ccc2c(c1)CCN2C)N1CCN(C)CC1. The maximum Gasteiger partial charge on any atom is 0.309 e. The molecule has 2 aliphatic rings. The first kappa shape index (κ1) is 20.6. The van der Waals surface area contributed by atoms with Gasteiger partial charge in [0.25, 0.3) is 0 Å². The van der Waals surface area contributed by atoms with E-state index < -0.39 is 11.8 Å². The number of rotatable bonds is 6. The molecule has 2 N–H and O–H groups in total. The fraction of sp³-hybridized carbons (Fsp3) is 0.619. The van der Waals surface area contributed by atoms with Gasteiger partial charge in [0, 0.05) is 58.5 Å². The smallest absolute Gasteiger partial charge is 0.309 e. The van der Waals surface area contributed by atoms with Gasteiger partial charge in [-0.25, -0.2) is 0 Å². The summed E-state index contributed by atoms with van der Waals surface area (Å²) in [5.41, 5.74) is 3.88. The number of nitrogens with one attached hydrogen (secondary N) is 2. The van der Waals surface area contributed by atoms with Gasteiger partial charge in [0.05, 0.1) is 6.04 Å². The molecule has 3 rings (SSSR count). The lowest BCUT2D eigenvalue weighted by atomic mass is 10.00. The lowest BCUT2D eigenvalue weighted by molar-refractivity contribution is -0.139. The second-order valence-corrected chi connectivity index (χ2v) is 7.88. The van der Waals surface area contributed by atoms with Gasteiger partial charge in [-0.2, -0.15) is 0 Å². The Labute approximate surface area is 168 Å². The van der Waals surface area contributed by atoms with Crippen LogP contribution in [0.15, 0.2) is 18.2 Å². The third-order valence-corrected chi connectivity index (χ3v) is 5.79. The van der Waals surface area contributed by atoms with Crippen LogP contribution in [0.1, 0.15) is 30.5 Å². The number of amides is 2. The molecule has 1 fully saturated rings. The topological polar surface area (TPSA) is 67.9 Å². The van der Waals surface area contributed by atoms with Crippen molar-refractivity contribution in [1.29, 1.82) is 0 Å². The minimum atomic E-state index is -0.548. The Balaban J connectivity index is 1.72. The Kier molecular flexibility index (Phi) is 6.91. The van der Waals surface area contributed by atoms with E-state index in [4.69, 9.17) is 0 Å². The lowest BCUT2D eigenvalue weighted by Gasteiger charge is -2.38. The van der Waals surface area contributed by atoms with Crippen LogP contribution >= 0.6 is 0 Å². The number of anilines is 1. The van der Waals surface area contributed by atoms with Crippen LogP contribution < -0.4 is 15.5 Å². The number of carbonyl (C=O) groups excluding carboxylic acids is 2. The van der Waals surface area contributed by atoms with E-state index in [1.165, 1.54) is 16.8 Å². The minimum Gasteiger partial charge on any atom is -0.374 e. The first-order valence-electron chi connectivity index (χ1n) is 10.3. The molecule has 0 saturated carbocycles.